The van der Waals surface area contributed by atoms with E-state index in [-0.39, 0.29) is 40.0 Å². The molecular weight excluding hydrogens is 363 g/mol. The number of halogens is 3. The van der Waals surface area contributed by atoms with Gasteiger partial charge in [-0.2, -0.15) is 18.4 Å². The van der Waals surface area contributed by atoms with Crippen molar-refractivity contribution in [2.45, 2.75) is 51.2 Å². The predicted molar refractivity (Wildman–Crippen MR) is 93.7 cm³/mol. The monoisotopic (exact) mass is 385 g/mol. The van der Waals surface area contributed by atoms with Crippen LogP contribution < -0.4 is 5.32 Å². The minimum absolute atomic E-state index is 0.0172. The van der Waals surface area contributed by atoms with Crippen LogP contribution in [0, 0.1) is 22.7 Å². The maximum atomic E-state index is 13.8. The van der Waals surface area contributed by atoms with E-state index in [0.717, 1.165) is 18.2 Å². The molecule has 1 heterocycles. The van der Waals surface area contributed by atoms with Gasteiger partial charge in [0.1, 0.15) is 11.1 Å². The van der Waals surface area contributed by atoms with Gasteiger partial charge in [0, 0.05) is 12.7 Å². The van der Waals surface area contributed by atoms with Gasteiger partial charge in [-0.05, 0) is 36.2 Å². The number of nitrogens with zero attached hydrogens (tertiary/aromatic N) is 2. The van der Waals surface area contributed by atoms with E-state index in [9.17, 15) is 23.2 Å². The van der Waals surface area contributed by atoms with Crippen molar-refractivity contribution in [3.05, 3.63) is 22.4 Å². The number of alkyl halides is 3. The molecule has 0 bridgehead atoms. The summed E-state index contributed by atoms with van der Waals surface area (Å²) in [6, 6.07) is 1.68. The number of hydrogen-bond donors (Lipinski definition) is 1. The van der Waals surface area contributed by atoms with E-state index in [4.69, 9.17) is 0 Å². The maximum absolute atomic E-state index is 13.8. The van der Waals surface area contributed by atoms with Gasteiger partial charge in [-0.15, -0.1) is 0 Å². The summed E-state index contributed by atoms with van der Waals surface area (Å²) in [6.07, 6.45) is -3.18. The summed E-state index contributed by atoms with van der Waals surface area (Å²) in [5.41, 5.74) is -0.932. The summed E-state index contributed by atoms with van der Waals surface area (Å²) in [6.45, 7) is 6.05. The third-order valence-electron chi connectivity index (χ3n) is 4.77. The van der Waals surface area contributed by atoms with Gasteiger partial charge in [0.05, 0.1) is 16.9 Å². The summed E-state index contributed by atoms with van der Waals surface area (Å²) in [4.78, 5) is 15.8. The molecule has 0 radical (unpaired) electrons. The van der Waals surface area contributed by atoms with Crippen LogP contribution in [-0.4, -0.2) is 23.7 Å². The van der Waals surface area contributed by atoms with Crippen LogP contribution in [0.2, 0.25) is 0 Å². The fraction of sp³-hybridized carbons (Fsp3) is 0.611. The predicted octanol–water partition coefficient (Wildman–Crippen LogP) is 3.96. The minimum atomic E-state index is -4.64. The van der Waals surface area contributed by atoms with E-state index in [1.807, 2.05) is 20.8 Å². The second-order valence-corrected chi connectivity index (χ2v) is 8.43. The summed E-state index contributed by atoms with van der Waals surface area (Å²) in [5, 5.41) is 11.8. The van der Waals surface area contributed by atoms with E-state index in [0.29, 0.717) is 12.1 Å². The summed E-state index contributed by atoms with van der Waals surface area (Å²) in [7, 11) is 1.45. The van der Waals surface area contributed by atoms with Crippen molar-refractivity contribution >= 4 is 17.7 Å². The highest BCUT2D eigenvalue weighted by Gasteiger charge is 2.42. The molecular formula is C18H22F3N3OS. The van der Waals surface area contributed by atoms with Crippen LogP contribution in [0.25, 0.3) is 0 Å². The highest BCUT2D eigenvalue weighted by Crippen LogP contribution is 2.44. The lowest BCUT2D eigenvalue weighted by atomic mass is 9.70. The zero-order valence-corrected chi connectivity index (χ0v) is 16.1. The quantitative estimate of drug-likeness (QED) is 0.800. The van der Waals surface area contributed by atoms with Crippen molar-refractivity contribution in [1.29, 1.82) is 5.26 Å². The van der Waals surface area contributed by atoms with Crippen LogP contribution in [-0.2, 0) is 23.8 Å². The maximum Gasteiger partial charge on any atom is 0.418 e. The third kappa shape index (κ3) is 4.32. The van der Waals surface area contributed by atoms with Crippen molar-refractivity contribution < 1.29 is 18.0 Å². The van der Waals surface area contributed by atoms with E-state index >= 15 is 0 Å². The van der Waals surface area contributed by atoms with Gasteiger partial charge in [-0.1, -0.05) is 32.5 Å². The van der Waals surface area contributed by atoms with E-state index in [2.05, 4.69) is 10.3 Å². The Kier molecular flexibility index (Phi) is 5.91. The molecule has 1 N–H and O–H groups in total. The first kappa shape index (κ1) is 20.6. The molecule has 8 heteroatoms. The smallest absolute Gasteiger partial charge is 0.358 e. The highest BCUT2D eigenvalue weighted by atomic mass is 32.2. The average Bonchev–Trinajstić information content (AvgIpc) is 2.55. The first-order valence-electron chi connectivity index (χ1n) is 8.35. The van der Waals surface area contributed by atoms with Gasteiger partial charge < -0.3 is 5.32 Å². The molecule has 0 saturated carbocycles. The Bertz CT molecular complexity index is 748. The van der Waals surface area contributed by atoms with Crippen LogP contribution in [0.5, 0.6) is 0 Å². The molecule has 1 aliphatic carbocycles. The molecule has 4 nitrogen and oxygen atoms in total. The molecule has 1 aromatic heterocycles. The largest absolute Gasteiger partial charge is 0.418 e. The van der Waals surface area contributed by atoms with Crippen molar-refractivity contribution in [3.63, 3.8) is 0 Å². The Morgan fingerprint density at radius 2 is 2.04 bits per heavy atom. The van der Waals surface area contributed by atoms with Gasteiger partial charge in [0.2, 0.25) is 5.91 Å². The molecule has 0 aromatic carbocycles. The minimum Gasteiger partial charge on any atom is -0.358 e. The van der Waals surface area contributed by atoms with E-state index < -0.39 is 17.3 Å². The van der Waals surface area contributed by atoms with Gasteiger partial charge in [0.15, 0.2) is 0 Å². The lowest BCUT2D eigenvalue weighted by molar-refractivity contribution is -0.139. The Morgan fingerprint density at radius 1 is 1.38 bits per heavy atom. The molecule has 1 unspecified atom stereocenters. The first-order chi connectivity index (χ1) is 12.0. The van der Waals surface area contributed by atoms with Crippen molar-refractivity contribution in [2.24, 2.45) is 11.3 Å². The van der Waals surface area contributed by atoms with Crippen LogP contribution in [0.15, 0.2) is 5.03 Å². The molecule has 0 aliphatic heterocycles. The van der Waals surface area contributed by atoms with Crippen LogP contribution in [0.4, 0.5) is 13.2 Å². The Morgan fingerprint density at radius 3 is 2.54 bits per heavy atom. The summed E-state index contributed by atoms with van der Waals surface area (Å²) in [5.74, 6) is -0.326. The SMILES string of the molecule is CNC(=O)CSc1nc2c(c(C(F)(F)F)c1C#N)CC(C(C)(C)C)CC2. The Hall–Kier alpha value is -1.75. The summed E-state index contributed by atoms with van der Waals surface area (Å²) < 4.78 is 41.5. The number of thioether (sulfide) groups is 1. The first-order valence-corrected chi connectivity index (χ1v) is 9.34. The number of fused-ring (bicyclic) bond motifs is 1. The number of carbonyl (C=O) groups excluding carboxylic acids is 1. The van der Waals surface area contributed by atoms with Crippen LogP contribution >= 0.6 is 11.8 Å². The fourth-order valence-electron chi connectivity index (χ4n) is 3.20. The van der Waals surface area contributed by atoms with Crippen LogP contribution in [0.3, 0.4) is 0 Å². The number of amides is 1. The highest BCUT2D eigenvalue weighted by molar-refractivity contribution is 8.00. The van der Waals surface area contributed by atoms with E-state index in [1.165, 1.54) is 7.05 Å². The standard InChI is InChI=1S/C18H22F3N3OS/c1-17(2,3)10-5-6-13-11(7-10)15(18(19,20)21)12(8-22)16(24-13)26-9-14(25)23-4/h10H,5-7,9H2,1-4H3,(H,23,25). The topological polar surface area (TPSA) is 65.8 Å². The second kappa shape index (κ2) is 7.47. The van der Waals surface area contributed by atoms with Crippen molar-refractivity contribution in [3.8, 4) is 6.07 Å². The van der Waals surface area contributed by atoms with E-state index in [1.54, 1.807) is 6.07 Å². The Balaban J connectivity index is 2.58. The van der Waals surface area contributed by atoms with Gasteiger partial charge in [0.25, 0.3) is 0 Å². The molecule has 0 saturated heterocycles. The fourth-order valence-corrected chi connectivity index (χ4v) is 4.08. The Labute approximate surface area is 155 Å². The molecule has 1 aliphatic rings. The average molecular weight is 385 g/mol. The number of aromatic nitrogens is 1. The number of aryl methyl sites for hydroxylation is 1. The normalized spacial score (nSPS) is 17.4. The number of nitrogens with one attached hydrogen (secondary N) is 1. The number of nitriles is 1. The molecule has 142 valence electrons. The molecule has 1 amide bonds. The van der Waals surface area contributed by atoms with Crippen molar-refractivity contribution in [1.82, 2.24) is 10.3 Å². The summed E-state index contributed by atoms with van der Waals surface area (Å²) >= 11 is 0.868. The van der Waals surface area contributed by atoms with Crippen molar-refractivity contribution in [2.75, 3.05) is 12.8 Å². The molecule has 1 aromatic rings. The van der Waals surface area contributed by atoms with Crippen LogP contribution in [0.1, 0.15) is 49.6 Å². The molecule has 0 fully saturated rings. The molecule has 1 atom stereocenters. The molecule has 26 heavy (non-hydrogen) atoms. The zero-order valence-electron chi connectivity index (χ0n) is 15.3. The number of hydrogen-bond acceptors (Lipinski definition) is 4. The van der Waals surface area contributed by atoms with Gasteiger partial charge in [-0.3, -0.25) is 4.79 Å². The van der Waals surface area contributed by atoms with Gasteiger partial charge >= 0.3 is 6.18 Å². The zero-order chi connectivity index (χ0) is 19.7. The number of rotatable bonds is 3. The lowest BCUT2D eigenvalue weighted by Crippen LogP contribution is -2.30. The number of pyridine rings is 1. The number of carbonyl (C=O) groups is 1. The second-order valence-electron chi connectivity index (χ2n) is 7.47. The molecule has 0 spiro atoms. The third-order valence-corrected chi connectivity index (χ3v) is 5.74. The van der Waals surface area contributed by atoms with Gasteiger partial charge in [-0.25, -0.2) is 4.98 Å². The molecule has 2 rings (SSSR count). The lowest BCUT2D eigenvalue weighted by Gasteiger charge is -2.36.